The molecular formula is C24H30FN5O4. The van der Waals surface area contributed by atoms with Crippen LogP contribution in [0.25, 0.3) is 16.7 Å². The molecular weight excluding hydrogens is 441 g/mol. The summed E-state index contributed by atoms with van der Waals surface area (Å²) in [6, 6.07) is 7.55. The number of anilines is 1. The fourth-order valence-electron chi connectivity index (χ4n) is 4.22. The zero-order valence-electron chi connectivity index (χ0n) is 19.4. The highest BCUT2D eigenvalue weighted by Crippen LogP contribution is 2.35. The normalized spacial score (nSPS) is 14.9. The minimum absolute atomic E-state index is 0.0154. The summed E-state index contributed by atoms with van der Waals surface area (Å²) in [6.45, 7) is 8.81. The summed E-state index contributed by atoms with van der Waals surface area (Å²) in [4.78, 5) is 20.8. The van der Waals surface area contributed by atoms with Crippen LogP contribution in [0, 0.1) is 5.82 Å². The van der Waals surface area contributed by atoms with Crippen molar-refractivity contribution in [2.24, 2.45) is 0 Å². The number of ether oxygens (including phenoxy) is 1. The lowest BCUT2D eigenvalue weighted by Crippen LogP contribution is -2.47. The first kappa shape index (κ1) is 24.1. The Morgan fingerprint density at radius 3 is 2.47 bits per heavy atom. The molecule has 4 rings (SSSR count). The van der Waals surface area contributed by atoms with Crippen LogP contribution < -0.4 is 4.90 Å². The Balaban J connectivity index is 1.72. The van der Waals surface area contributed by atoms with Gasteiger partial charge in [0, 0.05) is 32.7 Å². The van der Waals surface area contributed by atoms with Gasteiger partial charge in [-0.05, 0) is 36.2 Å². The van der Waals surface area contributed by atoms with E-state index >= 15 is 0 Å². The van der Waals surface area contributed by atoms with Crippen LogP contribution >= 0.6 is 0 Å². The lowest BCUT2D eigenvalue weighted by atomic mass is 10.0. The molecule has 10 heteroatoms. The molecule has 0 saturated carbocycles. The molecule has 0 bridgehead atoms. The van der Waals surface area contributed by atoms with Crippen molar-refractivity contribution < 1.29 is 24.1 Å². The summed E-state index contributed by atoms with van der Waals surface area (Å²) in [5.41, 5.74) is 2.63. The number of piperazine rings is 1. The van der Waals surface area contributed by atoms with Gasteiger partial charge in [0.1, 0.15) is 5.82 Å². The monoisotopic (exact) mass is 471 g/mol. The number of aromatic nitrogens is 3. The Hall–Kier alpha value is -3.08. The molecule has 0 radical (unpaired) electrons. The highest BCUT2D eigenvalue weighted by molar-refractivity contribution is 5.98. The van der Waals surface area contributed by atoms with Crippen LogP contribution in [0.1, 0.15) is 35.9 Å². The number of pyridine rings is 1. The molecule has 3 aromatic rings. The average Bonchev–Trinajstić information content (AvgIpc) is 3.22. The predicted molar refractivity (Wildman–Crippen MR) is 126 cm³/mol. The smallest absolute Gasteiger partial charge is 0.354 e. The lowest BCUT2D eigenvalue weighted by molar-refractivity contribution is 0.0690. The molecule has 0 amide bonds. The van der Waals surface area contributed by atoms with Crippen molar-refractivity contribution in [3.8, 4) is 5.69 Å². The van der Waals surface area contributed by atoms with Gasteiger partial charge in [0.05, 0.1) is 42.3 Å². The van der Waals surface area contributed by atoms with Crippen LogP contribution in [0.3, 0.4) is 0 Å². The third-order valence-corrected chi connectivity index (χ3v) is 5.98. The number of aromatic carboxylic acids is 1. The zero-order valence-corrected chi connectivity index (χ0v) is 19.4. The Morgan fingerprint density at radius 2 is 1.85 bits per heavy atom. The average molecular weight is 472 g/mol. The van der Waals surface area contributed by atoms with Gasteiger partial charge in [-0.2, -0.15) is 5.10 Å². The quantitative estimate of drug-likeness (QED) is 0.459. The van der Waals surface area contributed by atoms with Crippen LogP contribution in [-0.2, 0) is 4.74 Å². The fraction of sp³-hybridized carbons (Fsp3) is 0.458. The van der Waals surface area contributed by atoms with Crippen molar-refractivity contribution in [3.63, 3.8) is 0 Å². The number of hydrogen-bond donors (Lipinski definition) is 2. The molecule has 0 unspecified atom stereocenters. The molecule has 1 fully saturated rings. The second-order valence-electron chi connectivity index (χ2n) is 8.62. The number of halogens is 1. The summed E-state index contributed by atoms with van der Waals surface area (Å²) in [5, 5.41) is 24.2. The first-order valence-electron chi connectivity index (χ1n) is 11.5. The Labute approximate surface area is 197 Å². The molecule has 2 N–H and O–H groups in total. The zero-order chi connectivity index (χ0) is 24.2. The van der Waals surface area contributed by atoms with Crippen molar-refractivity contribution >= 4 is 22.7 Å². The maximum Gasteiger partial charge on any atom is 0.354 e. The van der Waals surface area contributed by atoms with E-state index in [-0.39, 0.29) is 24.0 Å². The van der Waals surface area contributed by atoms with E-state index in [1.807, 2.05) is 13.8 Å². The Kier molecular flexibility index (Phi) is 7.40. The number of nitrogens with zero attached hydrogens (tertiary/aromatic N) is 5. The van der Waals surface area contributed by atoms with Crippen molar-refractivity contribution in [3.05, 3.63) is 47.5 Å². The fourth-order valence-corrected chi connectivity index (χ4v) is 4.22. The standard InChI is InChI=1S/C24H30FN5O4/c1-16(2)22-21-20(29-9-7-28(8-10-29)11-13-34-14-12-31)15-19(24(32)33)26-23(21)30(27-22)18-5-3-17(25)4-6-18/h3-6,15-16,31H,7-14H2,1-2H3,(H,32,33). The molecule has 1 aliphatic heterocycles. The van der Waals surface area contributed by atoms with Gasteiger partial charge in [-0.15, -0.1) is 0 Å². The lowest BCUT2D eigenvalue weighted by Gasteiger charge is -2.36. The molecule has 0 aliphatic carbocycles. The maximum atomic E-state index is 13.5. The summed E-state index contributed by atoms with van der Waals surface area (Å²) >= 11 is 0. The Morgan fingerprint density at radius 1 is 1.15 bits per heavy atom. The third kappa shape index (κ3) is 5.03. The van der Waals surface area contributed by atoms with Gasteiger partial charge in [0.25, 0.3) is 0 Å². The number of fused-ring (bicyclic) bond motifs is 1. The van der Waals surface area contributed by atoms with Gasteiger partial charge < -0.3 is 19.8 Å². The molecule has 0 spiro atoms. The minimum Gasteiger partial charge on any atom is -0.477 e. The highest BCUT2D eigenvalue weighted by atomic mass is 19.1. The second-order valence-corrected chi connectivity index (χ2v) is 8.62. The van der Waals surface area contributed by atoms with E-state index in [1.54, 1.807) is 22.9 Å². The molecule has 3 heterocycles. The van der Waals surface area contributed by atoms with Gasteiger partial charge in [-0.25, -0.2) is 18.9 Å². The van der Waals surface area contributed by atoms with Gasteiger partial charge in [-0.3, -0.25) is 4.90 Å². The largest absolute Gasteiger partial charge is 0.477 e. The topological polar surface area (TPSA) is 104 Å². The van der Waals surface area contributed by atoms with Gasteiger partial charge >= 0.3 is 5.97 Å². The number of benzene rings is 1. The number of carbonyl (C=O) groups is 1. The summed E-state index contributed by atoms with van der Waals surface area (Å²) in [6.07, 6.45) is 0. The first-order chi connectivity index (χ1) is 16.4. The van der Waals surface area contributed by atoms with Gasteiger partial charge in [0.2, 0.25) is 0 Å². The number of aliphatic hydroxyl groups is 1. The first-order valence-corrected chi connectivity index (χ1v) is 11.5. The van der Waals surface area contributed by atoms with Crippen molar-refractivity contribution in [1.29, 1.82) is 0 Å². The maximum absolute atomic E-state index is 13.5. The molecule has 0 atom stereocenters. The summed E-state index contributed by atoms with van der Waals surface area (Å²) in [5.74, 6) is -1.39. The molecule has 1 aromatic carbocycles. The molecule has 2 aromatic heterocycles. The molecule has 1 saturated heterocycles. The van der Waals surface area contributed by atoms with E-state index < -0.39 is 5.97 Å². The number of carboxylic acids is 1. The molecule has 182 valence electrons. The van der Waals surface area contributed by atoms with Crippen molar-refractivity contribution in [2.45, 2.75) is 19.8 Å². The van der Waals surface area contributed by atoms with Crippen molar-refractivity contribution in [2.75, 3.05) is 57.4 Å². The summed E-state index contributed by atoms with van der Waals surface area (Å²) in [7, 11) is 0. The van der Waals surface area contributed by atoms with Gasteiger partial charge in [0.15, 0.2) is 11.3 Å². The van der Waals surface area contributed by atoms with E-state index in [2.05, 4.69) is 14.8 Å². The molecule has 34 heavy (non-hydrogen) atoms. The number of carboxylic acid groups (broad SMARTS) is 1. The predicted octanol–water partition coefficient (Wildman–Crippen LogP) is 2.51. The van der Waals surface area contributed by atoms with E-state index in [4.69, 9.17) is 14.9 Å². The summed E-state index contributed by atoms with van der Waals surface area (Å²) < 4.78 is 20.5. The number of rotatable bonds is 9. The van der Waals surface area contributed by atoms with E-state index in [1.165, 1.54) is 12.1 Å². The molecule has 9 nitrogen and oxygen atoms in total. The number of hydrogen-bond acceptors (Lipinski definition) is 7. The molecule has 1 aliphatic rings. The van der Waals surface area contributed by atoms with E-state index in [0.717, 1.165) is 49.5 Å². The van der Waals surface area contributed by atoms with Crippen LogP contribution in [-0.4, -0.2) is 88.4 Å². The van der Waals surface area contributed by atoms with E-state index in [9.17, 15) is 14.3 Å². The van der Waals surface area contributed by atoms with Gasteiger partial charge in [-0.1, -0.05) is 13.8 Å². The second kappa shape index (κ2) is 10.5. The van der Waals surface area contributed by atoms with Crippen LogP contribution in [0.4, 0.5) is 10.1 Å². The Bertz CT molecular complexity index is 1140. The highest BCUT2D eigenvalue weighted by Gasteiger charge is 2.26. The van der Waals surface area contributed by atoms with Crippen LogP contribution in [0.5, 0.6) is 0 Å². The van der Waals surface area contributed by atoms with E-state index in [0.29, 0.717) is 24.5 Å². The minimum atomic E-state index is -1.11. The number of aliphatic hydroxyl groups excluding tert-OH is 1. The third-order valence-electron chi connectivity index (χ3n) is 5.98. The SMILES string of the molecule is CC(C)c1nn(-c2ccc(F)cc2)c2nc(C(=O)O)cc(N3CCN(CCOCCO)CC3)c12. The van der Waals surface area contributed by atoms with Crippen molar-refractivity contribution in [1.82, 2.24) is 19.7 Å². The van der Waals surface area contributed by atoms with Crippen LogP contribution in [0.15, 0.2) is 30.3 Å². The van der Waals surface area contributed by atoms with Crippen LogP contribution in [0.2, 0.25) is 0 Å².